The van der Waals surface area contributed by atoms with Gasteiger partial charge in [0.25, 0.3) is 0 Å². The van der Waals surface area contributed by atoms with Gasteiger partial charge in [0.15, 0.2) is 0 Å². The summed E-state index contributed by atoms with van der Waals surface area (Å²) in [6.07, 6.45) is 2.13. The summed E-state index contributed by atoms with van der Waals surface area (Å²) in [4.78, 5) is 7.94. The predicted molar refractivity (Wildman–Crippen MR) is 76.7 cm³/mol. The molecule has 2 N–H and O–H groups in total. The smallest absolute Gasteiger partial charge is 0.107 e. The monoisotopic (exact) mass is 245 g/mol. The first-order chi connectivity index (χ1) is 8.54. The van der Waals surface area contributed by atoms with Gasteiger partial charge in [-0.25, -0.2) is 4.98 Å². The van der Waals surface area contributed by atoms with E-state index in [0.29, 0.717) is 5.41 Å². The SMILES string of the molecule is CC(C)(C)CNCCCc1nc2ccccc2[nH]1. The molecule has 0 spiro atoms. The fourth-order valence-corrected chi connectivity index (χ4v) is 1.97. The first kappa shape index (κ1) is 13.1. The number of H-pyrrole nitrogens is 1. The van der Waals surface area contributed by atoms with E-state index < -0.39 is 0 Å². The summed E-state index contributed by atoms with van der Waals surface area (Å²) in [6.45, 7) is 8.86. The normalized spacial score (nSPS) is 12.2. The zero-order valence-corrected chi connectivity index (χ0v) is 11.6. The lowest BCUT2D eigenvalue weighted by Crippen LogP contribution is -2.27. The highest BCUT2D eigenvalue weighted by atomic mass is 14.9. The van der Waals surface area contributed by atoms with Crippen LogP contribution >= 0.6 is 0 Å². The molecular weight excluding hydrogens is 222 g/mol. The molecule has 0 aliphatic rings. The van der Waals surface area contributed by atoms with E-state index in [1.54, 1.807) is 0 Å². The fraction of sp³-hybridized carbons (Fsp3) is 0.533. The number of aryl methyl sites for hydroxylation is 1. The summed E-state index contributed by atoms with van der Waals surface area (Å²) in [6, 6.07) is 8.18. The molecule has 3 nitrogen and oxygen atoms in total. The number of rotatable bonds is 5. The van der Waals surface area contributed by atoms with Crippen LogP contribution in [0.15, 0.2) is 24.3 Å². The fourth-order valence-electron chi connectivity index (χ4n) is 1.97. The maximum atomic E-state index is 4.58. The lowest BCUT2D eigenvalue weighted by atomic mass is 9.97. The molecule has 0 aliphatic carbocycles. The molecular formula is C15H23N3. The lowest BCUT2D eigenvalue weighted by Gasteiger charge is -2.18. The first-order valence-electron chi connectivity index (χ1n) is 6.69. The molecule has 2 rings (SSSR count). The van der Waals surface area contributed by atoms with Gasteiger partial charge in [-0.2, -0.15) is 0 Å². The summed E-state index contributed by atoms with van der Waals surface area (Å²) in [5, 5.41) is 3.49. The van der Waals surface area contributed by atoms with Gasteiger partial charge in [-0.15, -0.1) is 0 Å². The number of hydrogen-bond donors (Lipinski definition) is 2. The Balaban J connectivity index is 1.77. The number of nitrogens with zero attached hydrogens (tertiary/aromatic N) is 1. The number of hydrogen-bond acceptors (Lipinski definition) is 2. The number of imidazole rings is 1. The highest BCUT2D eigenvalue weighted by Crippen LogP contribution is 2.12. The van der Waals surface area contributed by atoms with Gasteiger partial charge >= 0.3 is 0 Å². The van der Waals surface area contributed by atoms with Crippen LogP contribution in [0.25, 0.3) is 11.0 Å². The van der Waals surface area contributed by atoms with E-state index in [1.807, 2.05) is 18.2 Å². The van der Waals surface area contributed by atoms with E-state index in [2.05, 4.69) is 42.1 Å². The first-order valence-corrected chi connectivity index (χ1v) is 6.69. The molecule has 0 saturated carbocycles. The van der Waals surface area contributed by atoms with Crippen molar-refractivity contribution in [1.82, 2.24) is 15.3 Å². The summed E-state index contributed by atoms with van der Waals surface area (Å²) < 4.78 is 0. The lowest BCUT2D eigenvalue weighted by molar-refractivity contribution is 0.379. The van der Waals surface area contributed by atoms with Crippen LogP contribution in [0.5, 0.6) is 0 Å². The van der Waals surface area contributed by atoms with Crippen molar-refractivity contribution in [3.05, 3.63) is 30.1 Å². The van der Waals surface area contributed by atoms with Crippen molar-refractivity contribution in [3.8, 4) is 0 Å². The summed E-state index contributed by atoms with van der Waals surface area (Å²) in [5.74, 6) is 1.09. The highest BCUT2D eigenvalue weighted by molar-refractivity contribution is 5.74. The van der Waals surface area contributed by atoms with Crippen LogP contribution < -0.4 is 5.32 Å². The third-order valence-electron chi connectivity index (χ3n) is 2.86. The zero-order valence-electron chi connectivity index (χ0n) is 11.6. The molecule has 1 heterocycles. The van der Waals surface area contributed by atoms with Crippen molar-refractivity contribution >= 4 is 11.0 Å². The molecule has 0 saturated heterocycles. The van der Waals surface area contributed by atoms with E-state index in [4.69, 9.17) is 0 Å². The second kappa shape index (κ2) is 5.53. The van der Waals surface area contributed by atoms with Crippen molar-refractivity contribution in [2.24, 2.45) is 5.41 Å². The van der Waals surface area contributed by atoms with Gasteiger partial charge in [0.1, 0.15) is 5.82 Å². The molecule has 1 aromatic heterocycles. The number of aromatic amines is 1. The second-order valence-corrected chi connectivity index (χ2v) is 6.04. The minimum atomic E-state index is 0.360. The topological polar surface area (TPSA) is 40.7 Å². The number of nitrogens with one attached hydrogen (secondary N) is 2. The van der Waals surface area contributed by atoms with Gasteiger partial charge in [-0.1, -0.05) is 32.9 Å². The van der Waals surface area contributed by atoms with Gasteiger partial charge in [0.05, 0.1) is 11.0 Å². The molecule has 0 bridgehead atoms. The van der Waals surface area contributed by atoms with E-state index in [9.17, 15) is 0 Å². The largest absolute Gasteiger partial charge is 0.342 e. The van der Waals surface area contributed by atoms with E-state index in [-0.39, 0.29) is 0 Å². The predicted octanol–water partition coefficient (Wildman–Crippen LogP) is 3.13. The van der Waals surface area contributed by atoms with Crippen molar-refractivity contribution in [2.75, 3.05) is 13.1 Å². The van der Waals surface area contributed by atoms with Gasteiger partial charge in [0.2, 0.25) is 0 Å². The Labute approximate surface area is 109 Å². The van der Waals surface area contributed by atoms with Gasteiger partial charge in [-0.3, -0.25) is 0 Å². The van der Waals surface area contributed by atoms with Crippen molar-refractivity contribution in [2.45, 2.75) is 33.6 Å². The highest BCUT2D eigenvalue weighted by Gasteiger charge is 2.08. The third kappa shape index (κ3) is 3.84. The van der Waals surface area contributed by atoms with Crippen LogP contribution in [0.1, 0.15) is 33.0 Å². The van der Waals surface area contributed by atoms with Crippen molar-refractivity contribution < 1.29 is 0 Å². The summed E-state index contributed by atoms with van der Waals surface area (Å²) in [7, 11) is 0. The van der Waals surface area contributed by atoms with Crippen LogP contribution in [-0.2, 0) is 6.42 Å². The van der Waals surface area contributed by atoms with Crippen molar-refractivity contribution in [3.63, 3.8) is 0 Å². The van der Waals surface area contributed by atoms with E-state index in [0.717, 1.165) is 42.8 Å². The molecule has 0 amide bonds. The Morgan fingerprint density at radius 3 is 2.72 bits per heavy atom. The van der Waals surface area contributed by atoms with Crippen molar-refractivity contribution in [1.29, 1.82) is 0 Å². The Bertz CT molecular complexity index is 461. The van der Waals surface area contributed by atoms with Gasteiger partial charge in [-0.05, 0) is 37.1 Å². The maximum Gasteiger partial charge on any atom is 0.107 e. The average Bonchev–Trinajstić information content (AvgIpc) is 2.69. The molecule has 98 valence electrons. The molecule has 0 fully saturated rings. The molecule has 0 atom stereocenters. The molecule has 0 radical (unpaired) electrons. The Morgan fingerprint density at radius 1 is 1.22 bits per heavy atom. The minimum absolute atomic E-state index is 0.360. The quantitative estimate of drug-likeness (QED) is 0.795. The standard InChI is InChI=1S/C15H23N3/c1-15(2,3)11-16-10-6-9-14-17-12-7-4-5-8-13(12)18-14/h4-5,7-8,16H,6,9-11H2,1-3H3,(H,17,18). The Morgan fingerprint density at radius 2 is 2.00 bits per heavy atom. The van der Waals surface area contributed by atoms with Gasteiger partial charge in [0, 0.05) is 6.42 Å². The molecule has 18 heavy (non-hydrogen) atoms. The number of benzene rings is 1. The van der Waals surface area contributed by atoms with Crippen LogP contribution in [-0.4, -0.2) is 23.1 Å². The Kier molecular flexibility index (Phi) is 4.02. The maximum absolute atomic E-state index is 4.58. The summed E-state index contributed by atoms with van der Waals surface area (Å²) in [5.41, 5.74) is 2.56. The molecule has 2 aromatic rings. The molecule has 0 aliphatic heterocycles. The third-order valence-corrected chi connectivity index (χ3v) is 2.86. The van der Waals surface area contributed by atoms with Gasteiger partial charge < -0.3 is 10.3 Å². The van der Waals surface area contributed by atoms with E-state index >= 15 is 0 Å². The van der Waals surface area contributed by atoms with Crippen LogP contribution in [0, 0.1) is 5.41 Å². The second-order valence-electron chi connectivity index (χ2n) is 6.04. The van der Waals surface area contributed by atoms with Crippen LogP contribution in [0.2, 0.25) is 0 Å². The zero-order chi connectivity index (χ0) is 13.0. The number of aromatic nitrogens is 2. The van der Waals surface area contributed by atoms with Crippen LogP contribution in [0.4, 0.5) is 0 Å². The Hall–Kier alpha value is -1.35. The molecule has 3 heteroatoms. The minimum Gasteiger partial charge on any atom is -0.342 e. The number of para-hydroxylation sites is 2. The molecule has 0 unspecified atom stereocenters. The van der Waals surface area contributed by atoms with Crippen LogP contribution in [0.3, 0.4) is 0 Å². The number of fused-ring (bicyclic) bond motifs is 1. The van der Waals surface area contributed by atoms with E-state index in [1.165, 1.54) is 0 Å². The summed E-state index contributed by atoms with van der Waals surface area (Å²) >= 11 is 0. The molecule has 1 aromatic carbocycles. The average molecular weight is 245 g/mol.